The van der Waals surface area contributed by atoms with Crippen LogP contribution in [0.2, 0.25) is 0 Å². The van der Waals surface area contributed by atoms with Crippen molar-refractivity contribution in [3.05, 3.63) is 34.4 Å². The molecule has 0 unspecified atom stereocenters. The van der Waals surface area contributed by atoms with Crippen molar-refractivity contribution in [2.45, 2.75) is 117 Å². The molecule has 2 heteroatoms. The zero-order valence-corrected chi connectivity index (χ0v) is 19.0. The van der Waals surface area contributed by atoms with E-state index in [-0.39, 0.29) is 5.60 Å². The van der Waals surface area contributed by atoms with E-state index in [1.165, 1.54) is 61.6 Å². The zero-order chi connectivity index (χ0) is 20.6. The van der Waals surface area contributed by atoms with E-state index < -0.39 is 0 Å². The van der Waals surface area contributed by atoms with E-state index in [1.54, 1.807) is 5.56 Å². The van der Waals surface area contributed by atoms with Gasteiger partial charge in [-0.25, -0.2) is 0 Å². The van der Waals surface area contributed by atoms with Crippen molar-refractivity contribution in [3.63, 3.8) is 0 Å². The van der Waals surface area contributed by atoms with Crippen LogP contribution in [0.1, 0.15) is 107 Å². The van der Waals surface area contributed by atoms with Crippen molar-refractivity contribution in [2.75, 3.05) is 0 Å². The van der Waals surface area contributed by atoms with Gasteiger partial charge in [-0.15, -0.1) is 0 Å². The largest absolute Gasteiger partial charge is 0.461 e. The number of hydrogen-bond donors (Lipinski definition) is 0. The quantitative estimate of drug-likeness (QED) is 0.263. The van der Waals surface area contributed by atoms with Gasteiger partial charge in [-0.2, -0.15) is 0 Å². The molecule has 0 aromatic heterocycles. The fraction of sp³-hybridized carbons (Fsp3) is 0.731. The highest BCUT2D eigenvalue weighted by Crippen LogP contribution is 2.43. The molecule has 1 aliphatic rings. The summed E-state index contributed by atoms with van der Waals surface area (Å²) in [5, 5.41) is 0. The Kier molecular flexibility index (Phi) is 8.58. The molecule has 0 saturated heterocycles. The summed E-state index contributed by atoms with van der Waals surface area (Å²) in [5.41, 5.74) is 6.31. The number of benzene rings is 1. The zero-order valence-electron chi connectivity index (χ0n) is 19.0. The maximum atomic E-state index is 10.6. The van der Waals surface area contributed by atoms with Gasteiger partial charge in [0.2, 0.25) is 0 Å². The van der Waals surface area contributed by atoms with Gasteiger partial charge in [0.15, 0.2) is 0 Å². The highest BCUT2D eigenvalue weighted by atomic mass is 16.5. The summed E-state index contributed by atoms with van der Waals surface area (Å²) in [7, 11) is 0. The molecule has 0 aliphatic heterocycles. The molecule has 1 aromatic carbocycles. The first-order valence-corrected chi connectivity index (χ1v) is 11.5. The van der Waals surface area contributed by atoms with Gasteiger partial charge in [0.1, 0.15) is 5.60 Å². The Hall–Kier alpha value is -1.31. The first-order chi connectivity index (χ1) is 13.2. The van der Waals surface area contributed by atoms with Crippen LogP contribution in [0.4, 0.5) is 0 Å². The molecule has 0 radical (unpaired) electrons. The van der Waals surface area contributed by atoms with Gasteiger partial charge in [0.25, 0.3) is 6.47 Å². The normalized spacial score (nSPS) is 15.5. The molecule has 0 N–H and O–H groups in total. The van der Waals surface area contributed by atoms with Crippen LogP contribution in [0.3, 0.4) is 0 Å². The predicted molar refractivity (Wildman–Crippen MR) is 119 cm³/mol. The van der Waals surface area contributed by atoms with Crippen LogP contribution >= 0.6 is 0 Å². The highest BCUT2D eigenvalue weighted by molar-refractivity contribution is 5.39. The fourth-order valence-electron chi connectivity index (χ4n) is 4.24. The van der Waals surface area contributed by atoms with Gasteiger partial charge < -0.3 is 4.74 Å². The monoisotopic (exact) mass is 386 g/mol. The summed E-state index contributed by atoms with van der Waals surface area (Å²) < 4.78 is 5.26. The van der Waals surface area contributed by atoms with Crippen molar-refractivity contribution in [1.82, 2.24) is 0 Å². The van der Waals surface area contributed by atoms with Crippen LogP contribution in [0.5, 0.6) is 0 Å². The second-order valence-electron chi connectivity index (χ2n) is 10.3. The Labute approximate surface area is 173 Å². The molecule has 28 heavy (non-hydrogen) atoms. The molecular weight excluding hydrogens is 344 g/mol. The Morgan fingerprint density at radius 3 is 2.00 bits per heavy atom. The third kappa shape index (κ3) is 7.97. The lowest BCUT2D eigenvalue weighted by Gasteiger charge is -2.17. The van der Waals surface area contributed by atoms with Gasteiger partial charge in [0.05, 0.1) is 0 Å². The first-order valence-electron chi connectivity index (χ1n) is 11.5. The number of carbonyl (C=O) groups excluding carboxylic acids is 1. The van der Waals surface area contributed by atoms with Crippen LogP contribution in [-0.4, -0.2) is 12.1 Å². The van der Waals surface area contributed by atoms with Crippen molar-refractivity contribution in [2.24, 2.45) is 5.41 Å². The fourth-order valence-corrected chi connectivity index (χ4v) is 4.24. The summed E-state index contributed by atoms with van der Waals surface area (Å²) in [6, 6.07) is 4.84. The van der Waals surface area contributed by atoms with E-state index in [0.717, 1.165) is 32.1 Å². The number of carbonyl (C=O) groups is 1. The molecule has 0 atom stereocenters. The summed E-state index contributed by atoms with van der Waals surface area (Å²) in [4.78, 5) is 10.6. The smallest absolute Gasteiger partial charge is 0.293 e. The predicted octanol–water partition coefficient (Wildman–Crippen LogP) is 7.26. The van der Waals surface area contributed by atoms with Crippen molar-refractivity contribution >= 4 is 6.47 Å². The number of hydrogen-bond acceptors (Lipinski definition) is 2. The van der Waals surface area contributed by atoms with Crippen LogP contribution in [0, 0.1) is 19.3 Å². The topological polar surface area (TPSA) is 26.3 Å². The minimum Gasteiger partial charge on any atom is -0.461 e. The second kappa shape index (κ2) is 10.5. The number of ether oxygens (including phenoxy) is 1. The number of aryl methyl sites for hydroxylation is 4. The first kappa shape index (κ1) is 23.0. The minimum atomic E-state index is -0.0950. The standard InChI is InChI=1S/C26H42O2/c1-21-18-22(2)24(13-9-11-15-26(16-17-26)28-20-27)19-23(21)12-8-6-7-10-14-25(3,4)5/h18-20H,6-17H2,1-5H3. The van der Waals surface area contributed by atoms with Gasteiger partial charge in [-0.05, 0) is 99.3 Å². The average Bonchev–Trinajstić information content (AvgIpc) is 3.37. The maximum absolute atomic E-state index is 10.6. The van der Waals surface area contributed by atoms with E-state index in [0.29, 0.717) is 11.9 Å². The van der Waals surface area contributed by atoms with Gasteiger partial charge in [-0.1, -0.05) is 52.2 Å². The third-order valence-electron chi connectivity index (χ3n) is 6.35. The minimum absolute atomic E-state index is 0.0950. The third-order valence-corrected chi connectivity index (χ3v) is 6.35. The SMILES string of the molecule is Cc1cc(C)c(CCCCC2(OC=O)CC2)cc1CCCCCCC(C)(C)C. The lowest BCUT2D eigenvalue weighted by molar-refractivity contribution is -0.135. The van der Waals surface area contributed by atoms with Crippen molar-refractivity contribution in [1.29, 1.82) is 0 Å². The van der Waals surface area contributed by atoms with E-state index in [1.807, 2.05) is 0 Å². The Morgan fingerprint density at radius 1 is 0.893 bits per heavy atom. The van der Waals surface area contributed by atoms with Crippen LogP contribution < -0.4 is 0 Å². The molecule has 1 saturated carbocycles. The molecule has 0 spiro atoms. The summed E-state index contributed by atoms with van der Waals surface area (Å²) in [5.74, 6) is 0. The average molecular weight is 387 g/mol. The molecule has 2 rings (SSSR count). The Bertz CT molecular complexity index is 620. The van der Waals surface area contributed by atoms with Crippen LogP contribution in [-0.2, 0) is 22.4 Å². The highest BCUT2D eigenvalue weighted by Gasteiger charge is 2.44. The lowest BCUT2D eigenvalue weighted by atomic mass is 9.89. The van der Waals surface area contributed by atoms with Crippen molar-refractivity contribution < 1.29 is 9.53 Å². The summed E-state index contributed by atoms with van der Waals surface area (Å²) in [6.07, 6.45) is 14.5. The molecule has 2 nitrogen and oxygen atoms in total. The molecule has 0 amide bonds. The molecule has 1 aliphatic carbocycles. The lowest BCUT2D eigenvalue weighted by Crippen LogP contribution is -2.12. The molecule has 0 bridgehead atoms. The maximum Gasteiger partial charge on any atom is 0.293 e. The van der Waals surface area contributed by atoms with E-state index >= 15 is 0 Å². The molecule has 0 heterocycles. The van der Waals surface area contributed by atoms with Gasteiger partial charge >= 0.3 is 0 Å². The Morgan fingerprint density at radius 2 is 1.46 bits per heavy atom. The molecular formula is C26H42O2. The summed E-state index contributed by atoms with van der Waals surface area (Å²) in [6.45, 7) is 12.2. The van der Waals surface area contributed by atoms with Gasteiger partial charge in [-0.3, -0.25) is 4.79 Å². The van der Waals surface area contributed by atoms with Crippen LogP contribution in [0.25, 0.3) is 0 Å². The van der Waals surface area contributed by atoms with E-state index in [4.69, 9.17) is 4.74 Å². The summed E-state index contributed by atoms with van der Waals surface area (Å²) >= 11 is 0. The second-order valence-corrected chi connectivity index (χ2v) is 10.3. The van der Waals surface area contributed by atoms with Gasteiger partial charge in [0, 0.05) is 0 Å². The molecule has 158 valence electrons. The van der Waals surface area contributed by atoms with E-state index in [2.05, 4.69) is 46.8 Å². The van der Waals surface area contributed by atoms with Crippen LogP contribution in [0.15, 0.2) is 12.1 Å². The Balaban J connectivity index is 1.74. The molecule has 1 fully saturated rings. The van der Waals surface area contributed by atoms with E-state index in [9.17, 15) is 4.79 Å². The number of rotatable bonds is 13. The molecule has 1 aromatic rings. The van der Waals surface area contributed by atoms with Crippen molar-refractivity contribution in [3.8, 4) is 0 Å². The number of unbranched alkanes of at least 4 members (excludes halogenated alkanes) is 4.